The van der Waals surface area contributed by atoms with Crippen molar-refractivity contribution in [3.63, 3.8) is 0 Å². The molecular weight excluding hydrogens is 192 g/mol. The summed E-state index contributed by atoms with van der Waals surface area (Å²) in [7, 11) is 0. The topological polar surface area (TPSA) is 35.5 Å². The van der Waals surface area contributed by atoms with E-state index >= 15 is 0 Å². The fraction of sp³-hybridized carbons (Fsp3) is 0.417. The van der Waals surface area contributed by atoms with E-state index in [2.05, 4.69) is 6.07 Å². The molecule has 3 nitrogen and oxygen atoms in total. The highest BCUT2D eigenvalue weighted by molar-refractivity contribution is 5.65. The number of esters is 1. The fourth-order valence-electron chi connectivity index (χ4n) is 1.06. The van der Waals surface area contributed by atoms with Gasteiger partial charge in [-0.1, -0.05) is 12.1 Å². The summed E-state index contributed by atoms with van der Waals surface area (Å²) in [6, 6.07) is 10.1. The average Bonchev–Trinajstić information content (AvgIpc) is 2.16. The van der Waals surface area contributed by atoms with E-state index in [0.29, 0.717) is 0 Å². The summed E-state index contributed by atoms with van der Waals surface area (Å²) in [5.74, 6) is 0.443. The summed E-state index contributed by atoms with van der Waals surface area (Å²) in [5.41, 5.74) is -0.521. The van der Waals surface area contributed by atoms with E-state index < -0.39 is 5.60 Å². The van der Waals surface area contributed by atoms with Crippen molar-refractivity contribution in [2.45, 2.75) is 26.4 Å². The monoisotopic (exact) mass is 207 g/mol. The van der Waals surface area contributed by atoms with Gasteiger partial charge in [-0.25, -0.2) is 0 Å². The minimum atomic E-state index is -0.521. The molecule has 0 amide bonds. The molecule has 3 heteroatoms. The number of benzene rings is 1. The molecule has 0 bridgehead atoms. The zero-order chi connectivity index (χ0) is 11.3. The number of rotatable bonds is 4. The summed E-state index contributed by atoms with van der Waals surface area (Å²) in [5, 5.41) is 0. The highest BCUT2D eigenvalue weighted by Crippen LogP contribution is 2.17. The lowest BCUT2D eigenvalue weighted by molar-refractivity contribution is -0.146. The summed E-state index contributed by atoms with van der Waals surface area (Å²) in [6.07, 6.45) is 0. The van der Waals surface area contributed by atoms with Crippen LogP contribution in [0.4, 0.5) is 0 Å². The summed E-state index contributed by atoms with van der Waals surface area (Å²) >= 11 is 0. The predicted octanol–water partition coefficient (Wildman–Crippen LogP) is 2.21. The van der Waals surface area contributed by atoms with Gasteiger partial charge in [0.1, 0.15) is 18.0 Å². The van der Waals surface area contributed by atoms with E-state index in [0.717, 1.165) is 5.75 Å². The van der Waals surface area contributed by atoms with Gasteiger partial charge >= 0.3 is 5.97 Å². The van der Waals surface area contributed by atoms with Crippen LogP contribution in [0.3, 0.4) is 0 Å². The van der Waals surface area contributed by atoms with Crippen LogP contribution < -0.4 is 4.74 Å². The normalized spacial score (nSPS) is 10.9. The van der Waals surface area contributed by atoms with Crippen molar-refractivity contribution < 1.29 is 14.3 Å². The second-order valence-electron chi connectivity index (χ2n) is 3.88. The highest BCUT2D eigenvalue weighted by Gasteiger charge is 2.21. The molecule has 0 saturated heterocycles. The Morgan fingerprint density at radius 3 is 2.53 bits per heavy atom. The molecule has 0 saturated carbocycles. The first-order valence-electron chi connectivity index (χ1n) is 4.78. The summed E-state index contributed by atoms with van der Waals surface area (Å²) in [4.78, 5) is 10.7. The van der Waals surface area contributed by atoms with E-state index in [9.17, 15) is 4.79 Å². The summed E-state index contributed by atoms with van der Waals surface area (Å²) in [6.45, 7) is 5.35. The molecular formula is C12H15O3. The van der Waals surface area contributed by atoms with Crippen molar-refractivity contribution in [1.82, 2.24) is 0 Å². The van der Waals surface area contributed by atoms with Gasteiger partial charge in [0.25, 0.3) is 0 Å². The van der Waals surface area contributed by atoms with Crippen LogP contribution in [0.1, 0.15) is 20.8 Å². The molecule has 0 atom stereocenters. The quantitative estimate of drug-likeness (QED) is 0.710. The van der Waals surface area contributed by atoms with Crippen LogP contribution in [0.25, 0.3) is 0 Å². The van der Waals surface area contributed by atoms with Crippen LogP contribution in [0.2, 0.25) is 0 Å². The van der Waals surface area contributed by atoms with E-state index in [1.54, 1.807) is 12.1 Å². The minimum Gasteiger partial charge on any atom is -0.484 e. The zero-order valence-electron chi connectivity index (χ0n) is 9.24. The van der Waals surface area contributed by atoms with E-state index in [4.69, 9.17) is 9.47 Å². The second-order valence-corrected chi connectivity index (χ2v) is 3.88. The van der Waals surface area contributed by atoms with E-state index in [1.165, 1.54) is 6.92 Å². The van der Waals surface area contributed by atoms with E-state index in [1.807, 2.05) is 26.0 Å². The van der Waals surface area contributed by atoms with Gasteiger partial charge in [0.05, 0.1) is 0 Å². The van der Waals surface area contributed by atoms with Gasteiger partial charge < -0.3 is 9.47 Å². The van der Waals surface area contributed by atoms with Crippen molar-refractivity contribution in [3.8, 4) is 5.75 Å². The third-order valence-corrected chi connectivity index (χ3v) is 1.70. The van der Waals surface area contributed by atoms with Gasteiger partial charge in [-0.2, -0.15) is 0 Å². The Kier molecular flexibility index (Phi) is 3.72. The van der Waals surface area contributed by atoms with Gasteiger partial charge in [-0.15, -0.1) is 0 Å². The van der Waals surface area contributed by atoms with Crippen LogP contribution in [0.5, 0.6) is 5.75 Å². The Morgan fingerprint density at radius 1 is 1.40 bits per heavy atom. The third kappa shape index (κ3) is 4.49. The van der Waals surface area contributed by atoms with Crippen LogP contribution >= 0.6 is 0 Å². The molecule has 1 aromatic rings. The molecule has 0 fully saturated rings. The molecule has 1 radical (unpaired) electrons. The Hall–Kier alpha value is -1.51. The van der Waals surface area contributed by atoms with Crippen molar-refractivity contribution >= 4 is 5.97 Å². The van der Waals surface area contributed by atoms with Crippen LogP contribution in [-0.2, 0) is 9.53 Å². The van der Waals surface area contributed by atoms with Crippen molar-refractivity contribution in [2.75, 3.05) is 6.61 Å². The number of hydrogen-bond donors (Lipinski definition) is 0. The number of carbonyl (C=O) groups excluding carboxylic acids is 1. The van der Waals surface area contributed by atoms with Crippen molar-refractivity contribution in [2.24, 2.45) is 0 Å². The van der Waals surface area contributed by atoms with Gasteiger partial charge in [0.2, 0.25) is 0 Å². The first kappa shape index (κ1) is 11.6. The molecule has 0 aliphatic rings. The van der Waals surface area contributed by atoms with Crippen LogP contribution in [-0.4, -0.2) is 18.2 Å². The van der Waals surface area contributed by atoms with Gasteiger partial charge in [0, 0.05) is 6.92 Å². The Balaban J connectivity index is 2.52. The molecule has 0 N–H and O–H groups in total. The Morgan fingerprint density at radius 2 is 2.00 bits per heavy atom. The van der Waals surface area contributed by atoms with Gasteiger partial charge in [-0.05, 0) is 32.0 Å². The lowest BCUT2D eigenvalue weighted by atomic mass is 10.1. The number of ether oxygens (including phenoxy) is 2. The molecule has 1 aromatic carbocycles. The lowest BCUT2D eigenvalue weighted by Crippen LogP contribution is -2.34. The standard InChI is InChI=1S/C12H15O3/c1-10(13)14-9-12(2,3)15-11-7-5-4-6-8-11/h5-8H,9H2,1-3H3. The van der Waals surface area contributed by atoms with Gasteiger partial charge in [0.15, 0.2) is 0 Å². The average molecular weight is 207 g/mol. The first-order chi connectivity index (χ1) is 6.99. The van der Waals surface area contributed by atoms with Crippen LogP contribution in [0.15, 0.2) is 24.3 Å². The molecule has 0 spiro atoms. The van der Waals surface area contributed by atoms with Crippen molar-refractivity contribution in [3.05, 3.63) is 30.3 Å². The maximum absolute atomic E-state index is 10.7. The molecule has 0 aromatic heterocycles. The van der Waals surface area contributed by atoms with Crippen LogP contribution in [0, 0.1) is 6.07 Å². The highest BCUT2D eigenvalue weighted by atomic mass is 16.6. The fourth-order valence-corrected chi connectivity index (χ4v) is 1.06. The SMILES string of the molecule is CC(=O)OCC(C)(C)Oc1cc[c]cc1. The van der Waals surface area contributed by atoms with E-state index in [-0.39, 0.29) is 12.6 Å². The number of hydrogen-bond acceptors (Lipinski definition) is 3. The molecule has 81 valence electrons. The van der Waals surface area contributed by atoms with Gasteiger partial charge in [-0.3, -0.25) is 4.79 Å². The molecule has 0 unspecified atom stereocenters. The third-order valence-electron chi connectivity index (χ3n) is 1.70. The first-order valence-corrected chi connectivity index (χ1v) is 4.78. The zero-order valence-corrected chi connectivity index (χ0v) is 9.24. The predicted molar refractivity (Wildman–Crippen MR) is 56.6 cm³/mol. The maximum Gasteiger partial charge on any atom is 0.302 e. The lowest BCUT2D eigenvalue weighted by Gasteiger charge is -2.25. The molecule has 0 aliphatic heterocycles. The maximum atomic E-state index is 10.7. The molecule has 0 heterocycles. The minimum absolute atomic E-state index is 0.237. The largest absolute Gasteiger partial charge is 0.484 e. The smallest absolute Gasteiger partial charge is 0.302 e. The summed E-state index contributed by atoms with van der Waals surface area (Å²) < 4.78 is 10.6. The Bertz CT molecular complexity index is 317. The van der Waals surface area contributed by atoms with Crippen molar-refractivity contribution in [1.29, 1.82) is 0 Å². The molecule has 15 heavy (non-hydrogen) atoms. The molecule has 1 rings (SSSR count). The number of carbonyl (C=O) groups is 1. The molecule has 0 aliphatic carbocycles. The Labute approximate surface area is 90.0 Å². The second kappa shape index (κ2) is 4.82.